The van der Waals surface area contributed by atoms with Crippen molar-refractivity contribution < 1.29 is 4.79 Å². The first kappa shape index (κ1) is 14.8. The lowest BCUT2D eigenvalue weighted by Gasteiger charge is -2.22. The molecule has 0 bridgehead atoms. The summed E-state index contributed by atoms with van der Waals surface area (Å²) >= 11 is 5.78. The summed E-state index contributed by atoms with van der Waals surface area (Å²) in [5, 5.41) is 3.12. The number of halogens is 1. The average molecular weight is 260 g/mol. The fourth-order valence-electron chi connectivity index (χ4n) is 2.67. The van der Waals surface area contributed by atoms with Crippen LogP contribution < -0.4 is 5.32 Å². The number of nitrogens with one attached hydrogen (secondary N) is 1. The molecule has 100 valence electrons. The molecule has 1 aliphatic rings. The second-order valence-corrected chi connectivity index (χ2v) is 5.59. The minimum Gasteiger partial charge on any atom is -0.356 e. The Morgan fingerprint density at radius 3 is 2.59 bits per heavy atom. The lowest BCUT2D eigenvalue weighted by molar-refractivity contribution is -0.126. The highest BCUT2D eigenvalue weighted by Crippen LogP contribution is 2.23. The van der Waals surface area contributed by atoms with E-state index in [0.29, 0.717) is 11.8 Å². The summed E-state index contributed by atoms with van der Waals surface area (Å²) in [6.07, 6.45) is 9.25. The Bertz CT molecular complexity index is 208. The maximum Gasteiger partial charge on any atom is 0.223 e. The van der Waals surface area contributed by atoms with E-state index in [0.717, 1.165) is 32.2 Å². The zero-order valence-corrected chi connectivity index (χ0v) is 11.8. The van der Waals surface area contributed by atoms with Crippen LogP contribution in [-0.2, 0) is 4.79 Å². The van der Waals surface area contributed by atoms with Crippen LogP contribution in [0.2, 0.25) is 0 Å². The average Bonchev–Trinajstić information content (AvgIpc) is 2.37. The molecule has 1 amide bonds. The zero-order valence-electron chi connectivity index (χ0n) is 11.0. The third-order valence-corrected chi connectivity index (χ3v) is 3.97. The van der Waals surface area contributed by atoms with Gasteiger partial charge in [0.15, 0.2) is 0 Å². The quantitative estimate of drug-likeness (QED) is 0.694. The number of carbonyl (C=O) groups is 1. The smallest absolute Gasteiger partial charge is 0.223 e. The monoisotopic (exact) mass is 259 g/mol. The molecular weight excluding hydrogens is 234 g/mol. The van der Waals surface area contributed by atoms with Crippen molar-refractivity contribution in [2.75, 3.05) is 12.4 Å². The van der Waals surface area contributed by atoms with Gasteiger partial charge in [0.1, 0.15) is 0 Å². The van der Waals surface area contributed by atoms with Gasteiger partial charge in [-0.3, -0.25) is 4.79 Å². The number of hydrogen-bond donors (Lipinski definition) is 1. The van der Waals surface area contributed by atoms with Gasteiger partial charge in [-0.05, 0) is 31.6 Å². The largest absolute Gasteiger partial charge is 0.356 e. The van der Waals surface area contributed by atoms with Crippen molar-refractivity contribution in [3.63, 3.8) is 0 Å². The minimum atomic E-state index is 0.278. The third kappa shape index (κ3) is 5.76. The number of rotatable bonds is 7. The van der Waals surface area contributed by atoms with Crippen molar-refractivity contribution >= 4 is 17.5 Å². The van der Waals surface area contributed by atoms with E-state index in [1.807, 2.05) is 0 Å². The Morgan fingerprint density at radius 2 is 2.00 bits per heavy atom. The zero-order chi connectivity index (χ0) is 12.5. The summed E-state index contributed by atoms with van der Waals surface area (Å²) < 4.78 is 0. The van der Waals surface area contributed by atoms with Gasteiger partial charge in [-0.15, -0.1) is 11.6 Å². The number of carbonyl (C=O) groups excluding carboxylic acids is 1. The summed E-state index contributed by atoms with van der Waals surface area (Å²) in [5.74, 6) is 1.82. The van der Waals surface area contributed by atoms with E-state index < -0.39 is 0 Å². The Kier molecular flexibility index (Phi) is 7.67. The van der Waals surface area contributed by atoms with Crippen LogP contribution in [0.15, 0.2) is 0 Å². The van der Waals surface area contributed by atoms with Gasteiger partial charge in [0.05, 0.1) is 0 Å². The summed E-state index contributed by atoms with van der Waals surface area (Å²) in [6, 6.07) is 0. The molecule has 17 heavy (non-hydrogen) atoms. The molecule has 1 atom stereocenters. The Labute approximate surface area is 110 Å². The van der Waals surface area contributed by atoms with Gasteiger partial charge in [0, 0.05) is 18.3 Å². The van der Waals surface area contributed by atoms with E-state index in [2.05, 4.69) is 12.2 Å². The third-order valence-electron chi connectivity index (χ3n) is 3.76. The predicted octanol–water partition coefficient (Wildman–Crippen LogP) is 3.73. The van der Waals surface area contributed by atoms with Crippen molar-refractivity contribution in [3.05, 3.63) is 0 Å². The minimum absolute atomic E-state index is 0.278. The van der Waals surface area contributed by atoms with Gasteiger partial charge in [-0.1, -0.05) is 32.6 Å². The molecule has 1 fully saturated rings. The lowest BCUT2D eigenvalue weighted by atomic mass is 9.88. The van der Waals surface area contributed by atoms with Gasteiger partial charge >= 0.3 is 0 Å². The second-order valence-electron chi connectivity index (χ2n) is 5.21. The van der Waals surface area contributed by atoms with Crippen LogP contribution in [0.1, 0.15) is 58.3 Å². The predicted molar refractivity (Wildman–Crippen MR) is 73.3 cm³/mol. The van der Waals surface area contributed by atoms with Crippen molar-refractivity contribution in [3.8, 4) is 0 Å². The number of hydrogen-bond acceptors (Lipinski definition) is 1. The van der Waals surface area contributed by atoms with Crippen molar-refractivity contribution in [1.29, 1.82) is 0 Å². The van der Waals surface area contributed by atoms with Gasteiger partial charge in [0.2, 0.25) is 5.91 Å². The molecule has 0 aliphatic heterocycles. The van der Waals surface area contributed by atoms with Gasteiger partial charge in [-0.25, -0.2) is 0 Å². The van der Waals surface area contributed by atoms with E-state index in [9.17, 15) is 4.79 Å². The molecule has 0 radical (unpaired) electrons. The van der Waals surface area contributed by atoms with Crippen LogP contribution in [0.5, 0.6) is 0 Å². The van der Waals surface area contributed by atoms with E-state index in [4.69, 9.17) is 11.6 Å². The molecule has 0 saturated heterocycles. The standard InChI is InChI=1S/C14H26ClNO/c1-2-6-12(9-10-15)11-16-14(17)13-7-4-3-5-8-13/h12-13H,2-11H2,1H3,(H,16,17). The Hall–Kier alpha value is -0.240. The maximum atomic E-state index is 12.0. The lowest BCUT2D eigenvalue weighted by Crippen LogP contribution is -2.35. The molecule has 0 spiro atoms. The highest BCUT2D eigenvalue weighted by atomic mass is 35.5. The van der Waals surface area contributed by atoms with Crippen molar-refractivity contribution in [1.82, 2.24) is 5.32 Å². The molecule has 1 rings (SSSR count). The fraction of sp³-hybridized carbons (Fsp3) is 0.929. The first-order valence-corrected chi connectivity index (χ1v) is 7.65. The van der Waals surface area contributed by atoms with Crippen LogP contribution in [-0.4, -0.2) is 18.3 Å². The molecule has 0 aromatic carbocycles. The first-order chi connectivity index (χ1) is 8.27. The molecule has 3 heteroatoms. The summed E-state index contributed by atoms with van der Waals surface area (Å²) in [5.41, 5.74) is 0. The van der Waals surface area contributed by atoms with Crippen LogP contribution in [0.25, 0.3) is 0 Å². The molecule has 1 saturated carbocycles. The molecular formula is C14H26ClNO. The van der Waals surface area contributed by atoms with Crippen LogP contribution in [0.3, 0.4) is 0 Å². The van der Waals surface area contributed by atoms with Crippen LogP contribution in [0.4, 0.5) is 0 Å². The van der Waals surface area contributed by atoms with Crippen LogP contribution >= 0.6 is 11.6 Å². The number of alkyl halides is 1. The van der Waals surface area contributed by atoms with Gasteiger partial charge < -0.3 is 5.32 Å². The van der Waals surface area contributed by atoms with E-state index in [1.54, 1.807) is 0 Å². The topological polar surface area (TPSA) is 29.1 Å². The van der Waals surface area contributed by atoms with Crippen LogP contribution in [0, 0.1) is 11.8 Å². The molecule has 1 aliphatic carbocycles. The maximum absolute atomic E-state index is 12.0. The SMILES string of the molecule is CCCC(CCCl)CNC(=O)C1CCCCC1. The van der Waals surface area contributed by atoms with E-state index in [-0.39, 0.29) is 11.8 Å². The van der Waals surface area contributed by atoms with Crippen molar-refractivity contribution in [2.24, 2.45) is 11.8 Å². The van der Waals surface area contributed by atoms with E-state index >= 15 is 0 Å². The van der Waals surface area contributed by atoms with Crippen molar-refractivity contribution in [2.45, 2.75) is 58.3 Å². The molecule has 0 aromatic heterocycles. The van der Waals surface area contributed by atoms with Gasteiger partial charge in [-0.2, -0.15) is 0 Å². The second kappa shape index (κ2) is 8.79. The summed E-state index contributed by atoms with van der Waals surface area (Å²) in [4.78, 5) is 12.0. The molecule has 0 heterocycles. The molecule has 1 unspecified atom stereocenters. The van der Waals surface area contributed by atoms with Gasteiger partial charge in [0.25, 0.3) is 0 Å². The highest BCUT2D eigenvalue weighted by molar-refractivity contribution is 6.17. The highest BCUT2D eigenvalue weighted by Gasteiger charge is 2.21. The molecule has 0 aromatic rings. The summed E-state index contributed by atoms with van der Waals surface area (Å²) in [6.45, 7) is 3.00. The Balaban J connectivity index is 2.24. The number of amides is 1. The molecule has 2 nitrogen and oxygen atoms in total. The summed E-state index contributed by atoms with van der Waals surface area (Å²) in [7, 11) is 0. The fourth-order valence-corrected chi connectivity index (χ4v) is 2.97. The first-order valence-electron chi connectivity index (χ1n) is 7.11. The van der Waals surface area contributed by atoms with E-state index in [1.165, 1.54) is 25.7 Å². The normalized spacial score (nSPS) is 18.9. The molecule has 1 N–H and O–H groups in total. The Morgan fingerprint density at radius 1 is 1.29 bits per heavy atom.